The van der Waals surface area contributed by atoms with Gasteiger partial charge in [-0.1, -0.05) is 0 Å². The first-order valence-electron chi connectivity index (χ1n) is 7.56. The lowest BCUT2D eigenvalue weighted by Crippen LogP contribution is -2.29. The number of anilines is 2. The maximum Gasteiger partial charge on any atom is 0.314 e. The highest BCUT2D eigenvalue weighted by Gasteiger charge is 2.19. The molecule has 2 N–H and O–H groups in total. The third-order valence-corrected chi connectivity index (χ3v) is 3.49. The van der Waals surface area contributed by atoms with Gasteiger partial charge in [-0.15, -0.1) is 0 Å². The number of rotatable bonds is 6. The van der Waals surface area contributed by atoms with Crippen molar-refractivity contribution in [2.24, 2.45) is 0 Å². The molecule has 0 saturated heterocycles. The lowest BCUT2D eigenvalue weighted by molar-refractivity contribution is -0.384. The molecule has 0 fully saturated rings. The third-order valence-electron chi connectivity index (χ3n) is 3.49. The van der Waals surface area contributed by atoms with E-state index in [-0.39, 0.29) is 17.1 Å². The number of nitrogens with one attached hydrogen (secondary N) is 2. The van der Waals surface area contributed by atoms with E-state index in [0.29, 0.717) is 17.2 Å². The number of hydrogen-bond acceptors (Lipinski definition) is 7. The summed E-state index contributed by atoms with van der Waals surface area (Å²) in [6.07, 6.45) is 0. The molecule has 0 aliphatic carbocycles. The third kappa shape index (κ3) is 4.63. The van der Waals surface area contributed by atoms with Gasteiger partial charge in [-0.25, -0.2) is 0 Å². The summed E-state index contributed by atoms with van der Waals surface area (Å²) in [5, 5.41) is 15.6. The number of non-ortho nitro benzene ring substituents is 1. The van der Waals surface area contributed by atoms with Crippen molar-refractivity contribution in [2.75, 3.05) is 32.0 Å². The summed E-state index contributed by atoms with van der Waals surface area (Å²) >= 11 is 0. The molecule has 0 unspecified atom stereocenters. The van der Waals surface area contributed by atoms with Crippen molar-refractivity contribution in [3.05, 3.63) is 46.5 Å². The van der Waals surface area contributed by atoms with Crippen LogP contribution in [-0.2, 0) is 9.59 Å². The van der Waals surface area contributed by atoms with E-state index in [0.717, 1.165) is 6.07 Å². The molecule has 0 spiro atoms. The van der Waals surface area contributed by atoms with Crippen molar-refractivity contribution >= 4 is 28.9 Å². The van der Waals surface area contributed by atoms with Crippen molar-refractivity contribution in [1.82, 2.24) is 0 Å². The molecular weight excluding hydrogens is 358 g/mol. The molecule has 0 radical (unpaired) electrons. The Bertz CT molecular complexity index is 883. The van der Waals surface area contributed by atoms with E-state index in [4.69, 9.17) is 14.2 Å². The van der Waals surface area contributed by atoms with Crippen LogP contribution in [0.5, 0.6) is 17.2 Å². The molecule has 27 heavy (non-hydrogen) atoms. The number of nitrogens with zero attached hydrogens (tertiary/aromatic N) is 1. The Balaban J connectivity index is 2.12. The molecule has 0 aromatic heterocycles. The Morgan fingerprint density at radius 2 is 1.48 bits per heavy atom. The fourth-order valence-electron chi connectivity index (χ4n) is 2.18. The van der Waals surface area contributed by atoms with Crippen LogP contribution in [0, 0.1) is 10.1 Å². The summed E-state index contributed by atoms with van der Waals surface area (Å²) in [5.41, 5.74) is 0.235. The van der Waals surface area contributed by atoms with E-state index in [9.17, 15) is 19.7 Å². The fourth-order valence-corrected chi connectivity index (χ4v) is 2.18. The smallest absolute Gasteiger partial charge is 0.314 e. The SMILES string of the molecule is COc1cc([N+](=O)[O-])ccc1NC(=O)C(=O)Nc1ccc(OC)c(OC)c1. The first kappa shape index (κ1) is 19.5. The van der Waals surface area contributed by atoms with Crippen LogP contribution in [-0.4, -0.2) is 38.1 Å². The second-order valence-corrected chi connectivity index (χ2v) is 5.12. The molecule has 0 bridgehead atoms. The number of carbonyl (C=O) groups is 2. The van der Waals surface area contributed by atoms with E-state index in [2.05, 4.69) is 10.6 Å². The van der Waals surface area contributed by atoms with Crippen LogP contribution in [0.2, 0.25) is 0 Å². The van der Waals surface area contributed by atoms with E-state index in [1.807, 2.05) is 0 Å². The van der Waals surface area contributed by atoms with Gasteiger partial charge in [0.2, 0.25) is 0 Å². The van der Waals surface area contributed by atoms with Crippen molar-refractivity contribution < 1.29 is 28.7 Å². The number of benzene rings is 2. The van der Waals surface area contributed by atoms with Gasteiger partial charge in [-0.3, -0.25) is 19.7 Å². The number of ether oxygens (including phenoxy) is 3. The van der Waals surface area contributed by atoms with Gasteiger partial charge in [0.05, 0.1) is 38.0 Å². The van der Waals surface area contributed by atoms with E-state index < -0.39 is 16.7 Å². The van der Waals surface area contributed by atoms with Gasteiger partial charge >= 0.3 is 11.8 Å². The minimum atomic E-state index is -0.975. The zero-order chi connectivity index (χ0) is 20.0. The molecule has 0 aliphatic rings. The maximum absolute atomic E-state index is 12.1. The fraction of sp³-hybridized carbons (Fsp3) is 0.176. The minimum absolute atomic E-state index is 0.0523. The highest BCUT2D eigenvalue weighted by molar-refractivity contribution is 6.43. The Labute approximate surface area is 154 Å². The van der Waals surface area contributed by atoms with Crippen LogP contribution in [0.1, 0.15) is 0 Å². The van der Waals surface area contributed by atoms with Crippen molar-refractivity contribution in [3.63, 3.8) is 0 Å². The molecule has 10 heteroatoms. The summed E-state index contributed by atoms with van der Waals surface area (Å²) in [6.45, 7) is 0. The molecule has 0 atom stereocenters. The van der Waals surface area contributed by atoms with E-state index in [1.165, 1.54) is 39.5 Å². The molecule has 0 saturated carbocycles. The topological polar surface area (TPSA) is 129 Å². The highest BCUT2D eigenvalue weighted by atomic mass is 16.6. The van der Waals surface area contributed by atoms with Gasteiger partial charge in [0.1, 0.15) is 5.75 Å². The molecule has 2 aromatic carbocycles. The minimum Gasteiger partial charge on any atom is -0.494 e. The van der Waals surface area contributed by atoms with Gasteiger partial charge < -0.3 is 24.8 Å². The van der Waals surface area contributed by atoms with Crippen molar-refractivity contribution in [2.45, 2.75) is 0 Å². The Morgan fingerprint density at radius 3 is 2.07 bits per heavy atom. The molecule has 0 aliphatic heterocycles. The molecule has 142 valence electrons. The molecular formula is C17H17N3O7. The quantitative estimate of drug-likeness (QED) is 0.450. The lowest BCUT2D eigenvalue weighted by atomic mass is 10.2. The van der Waals surface area contributed by atoms with Crippen LogP contribution in [0.15, 0.2) is 36.4 Å². The van der Waals surface area contributed by atoms with Gasteiger partial charge in [-0.05, 0) is 18.2 Å². The average molecular weight is 375 g/mol. The second kappa shape index (κ2) is 8.52. The van der Waals surface area contributed by atoms with Gasteiger partial charge in [0, 0.05) is 17.8 Å². The summed E-state index contributed by atoms with van der Waals surface area (Å²) in [4.78, 5) is 34.4. The number of methoxy groups -OCH3 is 3. The van der Waals surface area contributed by atoms with Gasteiger partial charge in [0.25, 0.3) is 5.69 Å². The highest BCUT2D eigenvalue weighted by Crippen LogP contribution is 2.30. The largest absolute Gasteiger partial charge is 0.494 e. The molecule has 2 amide bonds. The summed E-state index contributed by atoms with van der Waals surface area (Å²) in [7, 11) is 4.20. The van der Waals surface area contributed by atoms with Crippen molar-refractivity contribution in [1.29, 1.82) is 0 Å². The standard InChI is InChI=1S/C17H17N3O7/c1-25-13-7-4-10(8-15(13)27-3)18-16(21)17(22)19-12-6-5-11(20(23)24)9-14(12)26-2/h4-9H,1-3H3,(H,18,21)(H,19,22). The zero-order valence-corrected chi connectivity index (χ0v) is 14.8. The first-order valence-corrected chi connectivity index (χ1v) is 7.56. The molecule has 2 aromatic rings. The van der Waals surface area contributed by atoms with E-state index >= 15 is 0 Å². The number of nitro benzene ring substituents is 1. The first-order chi connectivity index (χ1) is 12.9. The van der Waals surface area contributed by atoms with Crippen LogP contribution in [0.3, 0.4) is 0 Å². The van der Waals surface area contributed by atoms with Crippen LogP contribution in [0.25, 0.3) is 0 Å². The van der Waals surface area contributed by atoms with Gasteiger partial charge in [0.15, 0.2) is 11.5 Å². The average Bonchev–Trinajstić information content (AvgIpc) is 2.67. The van der Waals surface area contributed by atoms with Crippen LogP contribution < -0.4 is 24.8 Å². The molecule has 2 rings (SSSR count). The monoisotopic (exact) mass is 375 g/mol. The Morgan fingerprint density at radius 1 is 0.852 bits per heavy atom. The summed E-state index contributed by atoms with van der Waals surface area (Å²) < 4.78 is 15.2. The Kier molecular flexibility index (Phi) is 6.15. The van der Waals surface area contributed by atoms with Crippen LogP contribution >= 0.6 is 0 Å². The van der Waals surface area contributed by atoms with E-state index in [1.54, 1.807) is 12.1 Å². The predicted octanol–water partition coefficient (Wildman–Crippen LogP) is 2.20. The number of hydrogen-bond donors (Lipinski definition) is 2. The second-order valence-electron chi connectivity index (χ2n) is 5.12. The normalized spacial score (nSPS) is 9.89. The Hall–Kier alpha value is -3.82. The van der Waals surface area contributed by atoms with Gasteiger partial charge in [-0.2, -0.15) is 0 Å². The zero-order valence-electron chi connectivity index (χ0n) is 14.8. The number of carbonyl (C=O) groups excluding carboxylic acids is 2. The maximum atomic E-state index is 12.1. The summed E-state index contributed by atoms with van der Waals surface area (Å²) in [5.74, 6) is -1.01. The lowest BCUT2D eigenvalue weighted by Gasteiger charge is -2.12. The van der Waals surface area contributed by atoms with Crippen molar-refractivity contribution in [3.8, 4) is 17.2 Å². The number of nitro groups is 1. The summed E-state index contributed by atoms with van der Waals surface area (Å²) in [6, 6.07) is 8.21. The number of amides is 2. The van der Waals surface area contributed by atoms with Crippen LogP contribution in [0.4, 0.5) is 17.1 Å². The predicted molar refractivity (Wildman–Crippen MR) is 96.5 cm³/mol. The molecule has 10 nitrogen and oxygen atoms in total. The molecule has 0 heterocycles.